The maximum atomic E-state index is 10.9. The Bertz CT molecular complexity index is 213. The number of aliphatic carboxylic acids is 1. The number of carbonyl (C=O) groups is 2. The molecule has 4 nitrogen and oxygen atoms in total. The molecule has 0 fully saturated rings. The second kappa shape index (κ2) is 4.25. The van der Waals surface area contributed by atoms with Gasteiger partial charge in [-0.25, -0.2) is 4.79 Å². The van der Waals surface area contributed by atoms with Crippen LogP contribution in [0.3, 0.4) is 0 Å². The monoisotopic (exact) mass is 187 g/mol. The molecular weight excluding hydrogens is 170 g/mol. The molecule has 13 heavy (non-hydrogen) atoms. The minimum absolute atomic E-state index is 0.230. The first-order valence-electron chi connectivity index (χ1n) is 4.30. The number of nitrogens with one attached hydrogen (secondary N) is 1. The van der Waals surface area contributed by atoms with Gasteiger partial charge in [0, 0.05) is 6.92 Å². The van der Waals surface area contributed by atoms with E-state index in [1.165, 1.54) is 13.8 Å². The lowest BCUT2D eigenvalue weighted by atomic mass is 9.91. The molecule has 1 amide bonds. The highest BCUT2D eigenvalue weighted by atomic mass is 16.4. The summed E-state index contributed by atoms with van der Waals surface area (Å²) >= 11 is 0. The molecule has 0 saturated heterocycles. The van der Waals surface area contributed by atoms with Gasteiger partial charge in [-0.15, -0.1) is 0 Å². The number of carboxylic acids is 1. The fraction of sp³-hybridized carbons (Fsp3) is 0.778. The average Bonchev–Trinajstić information content (AvgIpc) is 1.82. The zero-order valence-electron chi connectivity index (χ0n) is 8.55. The van der Waals surface area contributed by atoms with Crippen molar-refractivity contribution >= 4 is 11.9 Å². The Kier molecular flexibility index (Phi) is 3.91. The molecule has 0 rings (SSSR count). The normalized spacial score (nSPS) is 15.2. The van der Waals surface area contributed by atoms with Gasteiger partial charge in [-0.3, -0.25) is 4.79 Å². The van der Waals surface area contributed by atoms with Crippen LogP contribution in [0.4, 0.5) is 0 Å². The summed E-state index contributed by atoms with van der Waals surface area (Å²) < 4.78 is 0. The van der Waals surface area contributed by atoms with Crippen molar-refractivity contribution in [3.8, 4) is 0 Å². The Morgan fingerprint density at radius 3 is 2.15 bits per heavy atom. The van der Waals surface area contributed by atoms with E-state index < -0.39 is 11.5 Å². The summed E-state index contributed by atoms with van der Waals surface area (Å²) in [6.45, 7) is 6.68. The van der Waals surface area contributed by atoms with Crippen molar-refractivity contribution in [3.63, 3.8) is 0 Å². The van der Waals surface area contributed by atoms with E-state index in [1.807, 2.05) is 13.8 Å². The van der Waals surface area contributed by atoms with E-state index in [0.29, 0.717) is 6.42 Å². The van der Waals surface area contributed by atoms with Crippen molar-refractivity contribution in [1.82, 2.24) is 5.32 Å². The lowest BCUT2D eigenvalue weighted by Gasteiger charge is -2.27. The fourth-order valence-corrected chi connectivity index (χ4v) is 1.40. The summed E-state index contributed by atoms with van der Waals surface area (Å²) in [7, 11) is 0. The zero-order valence-corrected chi connectivity index (χ0v) is 8.55. The lowest BCUT2D eigenvalue weighted by Crippen LogP contribution is -2.52. The molecule has 0 aliphatic carbocycles. The Morgan fingerprint density at radius 2 is 1.92 bits per heavy atom. The molecule has 0 bridgehead atoms. The van der Waals surface area contributed by atoms with Gasteiger partial charge in [-0.1, -0.05) is 13.8 Å². The molecule has 0 radical (unpaired) electrons. The summed E-state index contributed by atoms with van der Waals surface area (Å²) in [5.74, 6) is -1.07. The Labute approximate surface area is 78.3 Å². The van der Waals surface area contributed by atoms with Gasteiger partial charge in [0.2, 0.25) is 5.91 Å². The summed E-state index contributed by atoms with van der Waals surface area (Å²) in [5.41, 5.74) is -1.14. The Balaban J connectivity index is 4.52. The van der Waals surface area contributed by atoms with E-state index in [1.54, 1.807) is 0 Å². The first-order valence-corrected chi connectivity index (χ1v) is 4.30. The molecule has 1 atom stereocenters. The first-order chi connectivity index (χ1) is 5.78. The van der Waals surface area contributed by atoms with Gasteiger partial charge in [0.1, 0.15) is 5.54 Å². The first kappa shape index (κ1) is 11.9. The van der Waals surface area contributed by atoms with Gasteiger partial charge in [0.05, 0.1) is 0 Å². The minimum atomic E-state index is -1.14. The fourth-order valence-electron chi connectivity index (χ4n) is 1.40. The predicted molar refractivity (Wildman–Crippen MR) is 49.3 cm³/mol. The van der Waals surface area contributed by atoms with Crippen molar-refractivity contribution < 1.29 is 14.7 Å². The second-order valence-corrected chi connectivity index (χ2v) is 3.92. The number of hydrogen-bond acceptors (Lipinski definition) is 2. The summed E-state index contributed by atoms with van der Waals surface area (Å²) in [4.78, 5) is 21.6. The average molecular weight is 187 g/mol. The van der Waals surface area contributed by atoms with Gasteiger partial charge in [0.25, 0.3) is 0 Å². The van der Waals surface area contributed by atoms with Crippen LogP contribution in [0.1, 0.15) is 34.1 Å². The molecule has 0 aromatic rings. The number of rotatable bonds is 4. The van der Waals surface area contributed by atoms with Gasteiger partial charge >= 0.3 is 5.97 Å². The topological polar surface area (TPSA) is 66.4 Å². The van der Waals surface area contributed by atoms with Gasteiger partial charge < -0.3 is 10.4 Å². The molecule has 0 unspecified atom stereocenters. The van der Waals surface area contributed by atoms with E-state index in [4.69, 9.17) is 5.11 Å². The number of carbonyl (C=O) groups excluding carboxylic acids is 1. The van der Waals surface area contributed by atoms with Gasteiger partial charge in [0.15, 0.2) is 0 Å². The third kappa shape index (κ3) is 3.92. The van der Waals surface area contributed by atoms with Crippen molar-refractivity contribution in [2.75, 3.05) is 0 Å². The molecule has 0 aromatic heterocycles. The molecule has 0 aliphatic rings. The quantitative estimate of drug-likeness (QED) is 0.690. The highest BCUT2D eigenvalue weighted by Crippen LogP contribution is 2.16. The molecule has 4 heteroatoms. The van der Waals surface area contributed by atoms with Gasteiger partial charge in [-0.05, 0) is 19.3 Å². The van der Waals surface area contributed by atoms with Crippen LogP contribution in [-0.4, -0.2) is 22.5 Å². The van der Waals surface area contributed by atoms with E-state index >= 15 is 0 Å². The van der Waals surface area contributed by atoms with Crippen LogP contribution in [0.2, 0.25) is 0 Å². The zero-order chi connectivity index (χ0) is 10.6. The standard InChI is InChI=1S/C9H17NO3/c1-6(2)5-9(4,8(12)13)10-7(3)11/h6H,5H2,1-4H3,(H,10,11)(H,12,13)/t9-/m0/s1. The van der Waals surface area contributed by atoms with Crippen LogP contribution in [-0.2, 0) is 9.59 Å². The summed E-state index contributed by atoms with van der Waals surface area (Å²) in [6.07, 6.45) is 0.432. The molecule has 0 spiro atoms. The van der Waals surface area contributed by atoms with E-state index in [0.717, 1.165) is 0 Å². The van der Waals surface area contributed by atoms with Crippen LogP contribution >= 0.6 is 0 Å². The third-order valence-corrected chi connectivity index (χ3v) is 1.74. The molecule has 2 N–H and O–H groups in total. The molecular formula is C9H17NO3. The second-order valence-electron chi connectivity index (χ2n) is 3.92. The SMILES string of the molecule is CC(=O)N[C@@](C)(CC(C)C)C(=O)O. The van der Waals surface area contributed by atoms with E-state index in [-0.39, 0.29) is 11.8 Å². The van der Waals surface area contributed by atoms with Gasteiger partial charge in [-0.2, -0.15) is 0 Å². The van der Waals surface area contributed by atoms with Crippen molar-refractivity contribution in [3.05, 3.63) is 0 Å². The maximum Gasteiger partial charge on any atom is 0.329 e. The molecule has 0 heterocycles. The van der Waals surface area contributed by atoms with Crippen LogP contribution in [0.5, 0.6) is 0 Å². The van der Waals surface area contributed by atoms with Crippen molar-refractivity contribution in [2.45, 2.75) is 39.7 Å². The van der Waals surface area contributed by atoms with Crippen LogP contribution in [0, 0.1) is 5.92 Å². The largest absolute Gasteiger partial charge is 0.480 e. The summed E-state index contributed by atoms with van der Waals surface area (Å²) in [6, 6.07) is 0. The number of carboxylic acid groups (broad SMARTS) is 1. The molecule has 0 saturated carbocycles. The Morgan fingerprint density at radius 1 is 1.46 bits per heavy atom. The summed E-state index contributed by atoms with van der Waals surface area (Å²) in [5, 5.41) is 11.4. The van der Waals surface area contributed by atoms with Crippen molar-refractivity contribution in [1.29, 1.82) is 0 Å². The molecule has 0 aliphatic heterocycles. The van der Waals surface area contributed by atoms with Crippen LogP contribution in [0.25, 0.3) is 0 Å². The maximum absolute atomic E-state index is 10.9. The smallest absolute Gasteiger partial charge is 0.329 e. The highest BCUT2D eigenvalue weighted by Gasteiger charge is 2.34. The molecule has 76 valence electrons. The van der Waals surface area contributed by atoms with E-state index in [9.17, 15) is 9.59 Å². The number of amides is 1. The Hall–Kier alpha value is -1.06. The van der Waals surface area contributed by atoms with Crippen LogP contribution < -0.4 is 5.32 Å². The minimum Gasteiger partial charge on any atom is -0.480 e. The lowest BCUT2D eigenvalue weighted by molar-refractivity contribution is -0.147. The third-order valence-electron chi connectivity index (χ3n) is 1.74. The van der Waals surface area contributed by atoms with Crippen molar-refractivity contribution in [2.24, 2.45) is 5.92 Å². The number of hydrogen-bond donors (Lipinski definition) is 2. The predicted octanol–water partition coefficient (Wildman–Crippen LogP) is 1.01. The van der Waals surface area contributed by atoms with Crippen LogP contribution in [0.15, 0.2) is 0 Å². The highest BCUT2D eigenvalue weighted by molar-refractivity contribution is 5.85. The molecule has 0 aromatic carbocycles. The van der Waals surface area contributed by atoms with E-state index in [2.05, 4.69) is 5.32 Å².